The van der Waals surface area contributed by atoms with Crippen LogP contribution in [-0.4, -0.2) is 10.0 Å². The number of hydroxylamine groups is 2. The summed E-state index contributed by atoms with van der Waals surface area (Å²) in [5, 5.41) is 13.6. The highest BCUT2D eigenvalue weighted by molar-refractivity contribution is 5.91. The Morgan fingerprint density at radius 3 is 3.00 bits per heavy atom. The van der Waals surface area contributed by atoms with Crippen LogP contribution in [-0.2, 0) is 0 Å². The zero-order valence-electron chi connectivity index (χ0n) is 8.40. The van der Waals surface area contributed by atoms with E-state index in [9.17, 15) is 5.21 Å². The van der Waals surface area contributed by atoms with Crippen LogP contribution in [0.3, 0.4) is 0 Å². The van der Waals surface area contributed by atoms with Crippen molar-refractivity contribution >= 4 is 17.0 Å². The van der Waals surface area contributed by atoms with E-state index in [1.54, 1.807) is 6.20 Å². The first kappa shape index (κ1) is 8.56. The molecule has 1 aliphatic heterocycles. The SMILES string of the molecule is CC1c2[nH]c3ccccc3c2C=CN1[O-]. The summed E-state index contributed by atoms with van der Waals surface area (Å²) in [6.07, 6.45) is 3.47. The number of aromatic amines is 1. The number of benzene rings is 1. The molecular formula is C12H11N2O-. The van der Waals surface area contributed by atoms with Crippen LogP contribution < -0.4 is 0 Å². The van der Waals surface area contributed by atoms with Gasteiger partial charge in [-0.25, -0.2) is 0 Å². The second-order valence-electron chi connectivity index (χ2n) is 3.85. The number of nitrogens with one attached hydrogen (secondary N) is 1. The molecule has 1 aromatic carbocycles. The second kappa shape index (κ2) is 2.87. The van der Waals surface area contributed by atoms with E-state index in [0.717, 1.165) is 21.8 Å². The van der Waals surface area contributed by atoms with Crippen LogP contribution in [0.2, 0.25) is 0 Å². The van der Waals surface area contributed by atoms with E-state index in [4.69, 9.17) is 0 Å². The normalized spacial score (nSPS) is 19.6. The van der Waals surface area contributed by atoms with Gasteiger partial charge in [0.05, 0.1) is 6.04 Å². The maximum Gasteiger partial charge on any atom is 0.0557 e. The van der Waals surface area contributed by atoms with E-state index in [2.05, 4.69) is 11.1 Å². The third-order valence-corrected chi connectivity index (χ3v) is 2.96. The van der Waals surface area contributed by atoms with Gasteiger partial charge in [-0.05, 0) is 25.3 Å². The average molecular weight is 199 g/mol. The molecule has 0 aliphatic carbocycles. The van der Waals surface area contributed by atoms with Crippen molar-refractivity contribution in [1.29, 1.82) is 0 Å². The maximum absolute atomic E-state index is 11.4. The van der Waals surface area contributed by atoms with E-state index < -0.39 is 0 Å². The first-order chi connectivity index (χ1) is 7.27. The Bertz CT molecular complexity index is 542. The lowest BCUT2D eigenvalue weighted by Crippen LogP contribution is -2.17. The fourth-order valence-electron chi connectivity index (χ4n) is 2.10. The number of fused-ring (bicyclic) bond motifs is 3. The zero-order chi connectivity index (χ0) is 10.4. The topological polar surface area (TPSA) is 42.1 Å². The molecule has 0 radical (unpaired) electrons. The van der Waals surface area contributed by atoms with Gasteiger partial charge >= 0.3 is 0 Å². The van der Waals surface area contributed by atoms with Crippen molar-refractivity contribution in [3.63, 3.8) is 0 Å². The van der Waals surface area contributed by atoms with Gasteiger partial charge in [0.2, 0.25) is 0 Å². The summed E-state index contributed by atoms with van der Waals surface area (Å²) < 4.78 is 0. The number of nitrogens with zero attached hydrogens (tertiary/aromatic N) is 1. The van der Waals surface area contributed by atoms with E-state index in [1.165, 1.54) is 5.39 Å². The summed E-state index contributed by atoms with van der Waals surface area (Å²) in [7, 11) is 0. The van der Waals surface area contributed by atoms with Crippen LogP contribution >= 0.6 is 0 Å². The molecule has 15 heavy (non-hydrogen) atoms. The Labute approximate surface area is 87.6 Å². The molecule has 2 heterocycles. The third kappa shape index (κ3) is 1.10. The second-order valence-corrected chi connectivity index (χ2v) is 3.85. The molecule has 0 amide bonds. The van der Waals surface area contributed by atoms with Crippen molar-refractivity contribution in [2.45, 2.75) is 13.0 Å². The number of para-hydroxylation sites is 1. The average Bonchev–Trinajstić information content (AvgIpc) is 2.63. The smallest absolute Gasteiger partial charge is 0.0557 e. The Balaban J connectivity index is 2.33. The first-order valence-corrected chi connectivity index (χ1v) is 5.01. The molecule has 1 atom stereocenters. The van der Waals surface area contributed by atoms with Gasteiger partial charge in [0.1, 0.15) is 0 Å². The van der Waals surface area contributed by atoms with E-state index in [1.807, 2.05) is 31.2 Å². The highest BCUT2D eigenvalue weighted by Crippen LogP contribution is 2.33. The van der Waals surface area contributed by atoms with Crippen molar-refractivity contribution in [2.75, 3.05) is 0 Å². The standard InChI is InChI=1S/C12H11N2O/c1-8-12-10(6-7-14(8)15)9-4-2-3-5-11(9)13-12/h2-8,13H,1H3/q-1. The highest BCUT2D eigenvalue weighted by Gasteiger charge is 2.17. The van der Waals surface area contributed by atoms with Crippen molar-refractivity contribution in [3.05, 3.63) is 46.9 Å². The molecule has 0 spiro atoms. The summed E-state index contributed by atoms with van der Waals surface area (Å²) in [4.78, 5) is 3.30. The summed E-state index contributed by atoms with van der Waals surface area (Å²) in [5.74, 6) is 0. The molecule has 3 nitrogen and oxygen atoms in total. The van der Waals surface area contributed by atoms with E-state index in [0.29, 0.717) is 0 Å². The minimum absolute atomic E-state index is 0.127. The van der Waals surface area contributed by atoms with Crippen LogP contribution in [0.1, 0.15) is 24.2 Å². The number of H-pyrrole nitrogens is 1. The van der Waals surface area contributed by atoms with Crippen molar-refractivity contribution in [1.82, 2.24) is 10.0 Å². The Morgan fingerprint density at radius 1 is 1.33 bits per heavy atom. The van der Waals surface area contributed by atoms with E-state index in [-0.39, 0.29) is 6.04 Å². The highest BCUT2D eigenvalue weighted by atomic mass is 16.5. The lowest BCUT2D eigenvalue weighted by molar-refractivity contribution is 0.394. The summed E-state index contributed by atoms with van der Waals surface area (Å²) in [6.45, 7) is 1.91. The summed E-state index contributed by atoms with van der Waals surface area (Å²) in [5.41, 5.74) is 3.24. The molecule has 1 aromatic heterocycles. The molecule has 3 heteroatoms. The van der Waals surface area contributed by atoms with Crippen molar-refractivity contribution in [3.8, 4) is 0 Å². The summed E-state index contributed by atoms with van der Waals surface area (Å²) >= 11 is 0. The van der Waals surface area contributed by atoms with Crippen LogP contribution in [0.5, 0.6) is 0 Å². The molecule has 0 bridgehead atoms. The van der Waals surface area contributed by atoms with Crippen LogP contribution in [0, 0.1) is 5.21 Å². The van der Waals surface area contributed by atoms with Crippen LogP contribution in [0.25, 0.3) is 17.0 Å². The minimum atomic E-state index is -0.127. The molecule has 3 rings (SSSR count). The molecule has 0 saturated heterocycles. The lowest BCUT2D eigenvalue weighted by atomic mass is 10.0. The largest absolute Gasteiger partial charge is 0.758 e. The van der Waals surface area contributed by atoms with Gasteiger partial charge in [-0.15, -0.1) is 0 Å². The lowest BCUT2D eigenvalue weighted by Gasteiger charge is -2.36. The molecule has 0 fully saturated rings. The van der Waals surface area contributed by atoms with Gasteiger partial charge < -0.3 is 15.3 Å². The van der Waals surface area contributed by atoms with Crippen molar-refractivity contribution in [2.24, 2.45) is 0 Å². The van der Waals surface area contributed by atoms with Gasteiger partial charge in [-0.1, -0.05) is 18.2 Å². The number of hydrogen-bond acceptors (Lipinski definition) is 2. The van der Waals surface area contributed by atoms with E-state index >= 15 is 0 Å². The van der Waals surface area contributed by atoms with Crippen LogP contribution in [0.4, 0.5) is 0 Å². The van der Waals surface area contributed by atoms with Gasteiger partial charge in [-0.2, -0.15) is 0 Å². The van der Waals surface area contributed by atoms with Crippen molar-refractivity contribution < 1.29 is 0 Å². The zero-order valence-corrected chi connectivity index (χ0v) is 8.40. The minimum Gasteiger partial charge on any atom is -0.758 e. The Kier molecular flexibility index (Phi) is 1.64. The van der Waals surface area contributed by atoms with Gasteiger partial charge in [-0.3, -0.25) is 0 Å². The third-order valence-electron chi connectivity index (χ3n) is 2.96. The fourth-order valence-corrected chi connectivity index (χ4v) is 2.10. The molecule has 76 valence electrons. The van der Waals surface area contributed by atoms with Gasteiger partial charge in [0.15, 0.2) is 0 Å². The van der Waals surface area contributed by atoms with Crippen LogP contribution in [0.15, 0.2) is 30.5 Å². The molecule has 2 aromatic rings. The predicted octanol–water partition coefficient (Wildman–Crippen LogP) is 3.01. The maximum atomic E-state index is 11.4. The number of aromatic nitrogens is 1. The fraction of sp³-hybridized carbons (Fsp3) is 0.167. The molecule has 1 N–H and O–H groups in total. The monoisotopic (exact) mass is 199 g/mol. The number of rotatable bonds is 0. The summed E-state index contributed by atoms with van der Waals surface area (Å²) in [6, 6.07) is 7.98. The Morgan fingerprint density at radius 2 is 2.13 bits per heavy atom. The van der Waals surface area contributed by atoms with Gasteiger partial charge in [0.25, 0.3) is 0 Å². The Hall–Kier alpha value is -1.74. The molecular weight excluding hydrogens is 188 g/mol. The predicted molar refractivity (Wildman–Crippen MR) is 61.0 cm³/mol. The number of hydrogen-bond donors (Lipinski definition) is 1. The molecule has 1 aliphatic rings. The van der Waals surface area contributed by atoms with Gasteiger partial charge in [0, 0.05) is 22.2 Å². The molecule has 0 saturated carbocycles. The molecule has 1 unspecified atom stereocenters. The quantitative estimate of drug-likeness (QED) is 0.708. The first-order valence-electron chi connectivity index (χ1n) is 5.01.